The molecule has 0 saturated carbocycles. The lowest BCUT2D eigenvalue weighted by Crippen LogP contribution is -2.11. The van der Waals surface area contributed by atoms with E-state index in [1.807, 2.05) is 0 Å². The van der Waals surface area contributed by atoms with Crippen LogP contribution in [0, 0.1) is 12.7 Å². The van der Waals surface area contributed by atoms with Gasteiger partial charge in [0.1, 0.15) is 5.69 Å². The predicted octanol–water partition coefficient (Wildman–Crippen LogP) is 2.22. The first kappa shape index (κ1) is 12.7. The van der Waals surface area contributed by atoms with Crippen molar-refractivity contribution in [2.45, 2.75) is 6.92 Å². The molecule has 0 aliphatic rings. The fourth-order valence-electron chi connectivity index (χ4n) is 1.67. The number of rotatable bonds is 3. The average Bonchev–Trinajstić information content (AvgIpc) is 2.69. The monoisotopic (exact) mass is 263 g/mol. The second kappa shape index (κ2) is 4.89. The first-order chi connectivity index (χ1) is 9.02. The minimum atomic E-state index is -1.31. The maximum Gasteiger partial charge on any atom is 0.409 e. The molecule has 2 rings (SSSR count). The summed E-state index contributed by atoms with van der Waals surface area (Å²) in [6, 6.07) is 3.96. The highest BCUT2D eigenvalue weighted by Crippen LogP contribution is 2.24. The highest BCUT2D eigenvalue weighted by molar-refractivity contribution is 5.86. The van der Waals surface area contributed by atoms with E-state index in [1.54, 1.807) is 6.92 Å². The number of halogens is 1. The van der Waals surface area contributed by atoms with E-state index in [-0.39, 0.29) is 11.4 Å². The molecule has 1 aromatic carbocycles. The van der Waals surface area contributed by atoms with Crippen molar-refractivity contribution in [1.29, 1.82) is 0 Å². The Hall–Kier alpha value is -2.70. The quantitative estimate of drug-likeness (QED) is 0.831. The number of nitrogens with one attached hydrogen (secondary N) is 1. The van der Waals surface area contributed by atoms with Crippen LogP contribution in [0.4, 0.5) is 14.9 Å². The third kappa shape index (κ3) is 2.44. The minimum absolute atomic E-state index is 0.0486. The van der Waals surface area contributed by atoms with Gasteiger partial charge in [0.15, 0.2) is 12.1 Å². The number of aldehydes is 1. The van der Waals surface area contributed by atoms with E-state index in [9.17, 15) is 14.0 Å². The van der Waals surface area contributed by atoms with Gasteiger partial charge in [-0.15, -0.1) is 0 Å². The molecular formula is C12H10FN3O3. The average molecular weight is 263 g/mol. The van der Waals surface area contributed by atoms with Gasteiger partial charge in [0.25, 0.3) is 0 Å². The predicted molar refractivity (Wildman–Crippen MR) is 65.3 cm³/mol. The summed E-state index contributed by atoms with van der Waals surface area (Å²) in [5.74, 6) is -0.647. The van der Waals surface area contributed by atoms with E-state index in [2.05, 4.69) is 10.4 Å². The molecule has 2 aromatic rings. The van der Waals surface area contributed by atoms with Crippen LogP contribution >= 0.6 is 0 Å². The number of carboxylic acid groups (broad SMARTS) is 1. The van der Waals surface area contributed by atoms with Crippen LogP contribution in [0.15, 0.2) is 24.4 Å². The standard InChI is InChI=1S/C12H10FN3O3/c1-7-8(6-17)5-16(15-7)11-9(13)3-2-4-10(11)14-12(18)19/h2-6,14H,1H3,(H,18,19). The molecule has 0 saturated heterocycles. The van der Waals surface area contributed by atoms with Crippen molar-refractivity contribution >= 4 is 18.1 Å². The van der Waals surface area contributed by atoms with Gasteiger partial charge >= 0.3 is 6.09 Å². The van der Waals surface area contributed by atoms with E-state index in [4.69, 9.17) is 5.11 Å². The van der Waals surface area contributed by atoms with Crippen LogP contribution < -0.4 is 5.32 Å². The van der Waals surface area contributed by atoms with Gasteiger partial charge in [0.05, 0.1) is 16.9 Å². The van der Waals surface area contributed by atoms with E-state index in [0.29, 0.717) is 17.5 Å². The lowest BCUT2D eigenvalue weighted by Gasteiger charge is -2.09. The third-order valence-electron chi connectivity index (χ3n) is 2.52. The Balaban J connectivity index is 2.59. The lowest BCUT2D eigenvalue weighted by molar-refractivity contribution is 0.112. The maximum atomic E-state index is 13.8. The van der Waals surface area contributed by atoms with Crippen molar-refractivity contribution in [3.05, 3.63) is 41.5 Å². The molecule has 0 bridgehead atoms. The molecule has 0 aliphatic heterocycles. The first-order valence-corrected chi connectivity index (χ1v) is 5.33. The Morgan fingerprint density at radius 2 is 2.26 bits per heavy atom. The summed E-state index contributed by atoms with van der Waals surface area (Å²) in [7, 11) is 0. The van der Waals surface area contributed by atoms with E-state index < -0.39 is 11.9 Å². The number of aromatic nitrogens is 2. The van der Waals surface area contributed by atoms with Crippen molar-refractivity contribution in [2.75, 3.05) is 5.32 Å². The normalized spacial score (nSPS) is 10.2. The first-order valence-electron chi connectivity index (χ1n) is 5.33. The molecule has 1 heterocycles. The lowest BCUT2D eigenvalue weighted by atomic mass is 10.2. The molecule has 0 spiro atoms. The van der Waals surface area contributed by atoms with Crippen molar-refractivity contribution in [3.63, 3.8) is 0 Å². The number of carbonyl (C=O) groups excluding carboxylic acids is 1. The summed E-state index contributed by atoms with van der Waals surface area (Å²) in [5.41, 5.74) is 0.734. The Bertz CT molecular complexity index is 652. The third-order valence-corrected chi connectivity index (χ3v) is 2.52. The summed E-state index contributed by atoms with van der Waals surface area (Å²) >= 11 is 0. The Morgan fingerprint density at radius 1 is 1.53 bits per heavy atom. The van der Waals surface area contributed by atoms with Crippen LogP contribution in [-0.2, 0) is 0 Å². The number of para-hydroxylation sites is 1. The molecule has 0 unspecified atom stereocenters. The topological polar surface area (TPSA) is 84.2 Å². The SMILES string of the molecule is Cc1nn(-c2c(F)cccc2NC(=O)O)cc1C=O. The van der Waals surface area contributed by atoms with E-state index in [1.165, 1.54) is 24.4 Å². The molecule has 0 fully saturated rings. The molecule has 0 atom stereocenters. The molecule has 6 nitrogen and oxygen atoms in total. The molecule has 0 aliphatic carbocycles. The largest absolute Gasteiger partial charge is 0.465 e. The molecule has 2 N–H and O–H groups in total. The number of benzene rings is 1. The number of carbonyl (C=O) groups is 2. The van der Waals surface area contributed by atoms with Crippen LogP contribution in [0.2, 0.25) is 0 Å². The highest BCUT2D eigenvalue weighted by Gasteiger charge is 2.15. The summed E-state index contributed by atoms with van der Waals surface area (Å²) in [4.78, 5) is 21.4. The van der Waals surface area contributed by atoms with E-state index in [0.717, 1.165) is 4.68 Å². The number of anilines is 1. The molecular weight excluding hydrogens is 253 g/mol. The molecule has 98 valence electrons. The van der Waals surface area contributed by atoms with Crippen LogP contribution in [0.5, 0.6) is 0 Å². The number of nitrogens with zero attached hydrogens (tertiary/aromatic N) is 2. The summed E-state index contributed by atoms with van der Waals surface area (Å²) in [6.45, 7) is 1.60. The number of hydrogen-bond donors (Lipinski definition) is 2. The molecule has 19 heavy (non-hydrogen) atoms. The Kier molecular flexibility index (Phi) is 3.28. The van der Waals surface area contributed by atoms with Crippen LogP contribution in [0.3, 0.4) is 0 Å². The van der Waals surface area contributed by atoms with Gasteiger partial charge in [-0.05, 0) is 19.1 Å². The van der Waals surface area contributed by atoms with Crippen molar-refractivity contribution in [2.24, 2.45) is 0 Å². The zero-order chi connectivity index (χ0) is 14.0. The summed E-state index contributed by atoms with van der Waals surface area (Å²) in [5, 5.41) is 14.8. The second-order valence-corrected chi connectivity index (χ2v) is 3.80. The summed E-state index contributed by atoms with van der Waals surface area (Å²) < 4.78 is 15.0. The van der Waals surface area contributed by atoms with Crippen molar-refractivity contribution in [1.82, 2.24) is 9.78 Å². The number of aryl methyl sites for hydroxylation is 1. The van der Waals surface area contributed by atoms with Crippen LogP contribution in [-0.4, -0.2) is 27.3 Å². The zero-order valence-corrected chi connectivity index (χ0v) is 9.92. The number of hydrogen-bond acceptors (Lipinski definition) is 3. The highest BCUT2D eigenvalue weighted by atomic mass is 19.1. The maximum absolute atomic E-state index is 13.8. The van der Waals surface area contributed by atoms with Gasteiger partial charge in [0.2, 0.25) is 0 Å². The second-order valence-electron chi connectivity index (χ2n) is 3.80. The minimum Gasteiger partial charge on any atom is -0.465 e. The smallest absolute Gasteiger partial charge is 0.409 e. The number of amides is 1. The van der Waals surface area contributed by atoms with Crippen molar-refractivity contribution < 1.29 is 19.1 Å². The molecule has 7 heteroatoms. The molecule has 1 aromatic heterocycles. The fourth-order valence-corrected chi connectivity index (χ4v) is 1.67. The summed E-state index contributed by atoms with van der Waals surface area (Å²) in [6.07, 6.45) is 0.629. The van der Waals surface area contributed by atoms with Crippen LogP contribution in [0.25, 0.3) is 5.69 Å². The Morgan fingerprint density at radius 3 is 2.84 bits per heavy atom. The van der Waals surface area contributed by atoms with Gasteiger partial charge < -0.3 is 5.11 Å². The van der Waals surface area contributed by atoms with Gasteiger partial charge in [-0.2, -0.15) is 5.10 Å². The van der Waals surface area contributed by atoms with Gasteiger partial charge in [-0.25, -0.2) is 13.9 Å². The van der Waals surface area contributed by atoms with Gasteiger partial charge in [0, 0.05) is 6.20 Å². The van der Waals surface area contributed by atoms with Crippen molar-refractivity contribution in [3.8, 4) is 5.69 Å². The van der Waals surface area contributed by atoms with Gasteiger partial charge in [-0.1, -0.05) is 6.07 Å². The van der Waals surface area contributed by atoms with E-state index >= 15 is 0 Å². The zero-order valence-electron chi connectivity index (χ0n) is 9.92. The van der Waals surface area contributed by atoms with Gasteiger partial charge in [-0.3, -0.25) is 10.1 Å². The molecule has 0 radical (unpaired) electrons. The van der Waals surface area contributed by atoms with Crippen LogP contribution in [0.1, 0.15) is 16.1 Å². The molecule has 1 amide bonds. The Labute approximate surface area is 107 Å². The fraction of sp³-hybridized carbons (Fsp3) is 0.0833.